The average Bonchev–Trinajstić information content (AvgIpc) is 2.47. The zero-order valence-electron chi connectivity index (χ0n) is 11.0. The van der Waals surface area contributed by atoms with Crippen molar-refractivity contribution in [1.82, 2.24) is 4.90 Å². The Morgan fingerprint density at radius 2 is 2.42 bits per heavy atom. The van der Waals surface area contributed by atoms with Gasteiger partial charge in [0.2, 0.25) is 5.91 Å². The number of benzene rings is 1. The quantitative estimate of drug-likeness (QED) is 0.790. The van der Waals surface area contributed by atoms with Gasteiger partial charge in [-0.2, -0.15) is 0 Å². The van der Waals surface area contributed by atoms with E-state index in [1.54, 1.807) is 7.11 Å². The van der Waals surface area contributed by atoms with Crippen LogP contribution in [0.25, 0.3) is 0 Å². The summed E-state index contributed by atoms with van der Waals surface area (Å²) in [5.74, 6) is 1.26. The number of nitrogens with zero attached hydrogens (tertiary/aromatic N) is 1. The van der Waals surface area contributed by atoms with Crippen molar-refractivity contribution < 1.29 is 14.3 Å². The molecule has 1 amide bonds. The molecule has 1 aliphatic heterocycles. The van der Waals surface area contributed by atoms with E-state index in [2.05, 4.69) is 0 Å². The number of carbonyl (C=O) groups is 1. The van der Waals surface area contributed by atoms with Gasteiger partial charge in [0.05, 0.1) is 32.8 Å². The number of ether oxygens (including phenoxy) is 2. The first kappa shape index (κ1) is 14.2. The maximum atomic E-state index is 12.3. The van der Waals surface area contributed by atoms with Crippen LogP contribution in [0, 0.1) is 0 Å². The fourth-order valence-corrected chi connectivity index (χ4v) is 2.43. The number of carbonyl (C=O) groups excluding carboxylic acids is 1. The molecule has 4 nitrogen and oxygen atoms in total. The standard InChI is InChI=1S/C14H18ClNO3/c1-18-13-4-2-3-11(7-13)8-14(17)16-5-6-19-10-12(16)9-15/h2-4,7,12H,5-6,8-10H2,1H3. The molecule has 0 radical (unpaired) electrons. The predicted molar refractivity (Wildman–Crippen MR) is 73.7 cm³/mol. The van der Waals surface area contributed by atoms with E-state index in [-0.39, 0.29) is 11.9 Å². The van der Waals surface area contributed by atoms with Gasteiger partial charge in [0.1, 0.15) is 5.75 Å². The molecule has 5 heteroatoms. The molecular formula is C14H18ClNO3. The molecule has 1 aliphatic rings. The third-order valence-electron chi connectivity index (χ3n) is 3.22. The maximum absolute atomic E-state index is 12.3. The molecule has 0 N–H and O–H groups in total. The van der Waals surface area contributed by atoms with E-state index < -0.39 is 0 Å². The summed E-state index contributed by atoms with van der Waals surface area (Å²) in [5, 5.41) is 0. The minimum atomic E-state index is -0.0199. The van der Waals surface area contributed by atoms with Gasteiger partial charge in [-0.25, -0.2) is 0 Å². The van der Waals surface area contributed by atoms with Crippen molar-refractivity contribution in [2.45, 2.75) is 12.5 Å². The zero-order chi connectivity index (χ0) is 13.7. The smallest absolute Gasteiger partial charge is 0.227 e. The molecule has 19 heavy (non-hydrogen) atoms. The van der Waals surface area contributed by atoms with Crippen LogP contribution >= 0.6 is 11.6 Å². The number of rotatable bonds is 4. The summed E-state index contributed by atoms with van der Waals surface area (Å²) in [5.41, 5.74) is 0.948. The minimum Gasteiger partial charge on any atom is -0.497 e. The SMILES string of the molecule is COc1cccc(CC(=O)N2CCOCC2CCl)c1. The second-order valence-electron chi connectivity index (χ2n) is 4.50. The lowest BCUT2D eigenvalue weighted by atomic mass is 10.1. The third-order valence-corrected chi connectivity index (χ3v) is 3.57. The van der Waals surface area contributed by atoms with Gasteiger partial charge in [-0.05, 0) is 17.7 Å². The average molecular weight is 284 g/mol. The number of halogens is 1. The fraction of sp³-hybridized carbons (Fsp3) is 0.500. The lowest BCUT2D eigenvalue weighted by molar-refractivity contribution is -0.138. The van der Waals surface area contributed by atoms with E-state index in [9.17, 15) is 4.79 Å². The maximum Gasteiger partial charge on any atom is 0.227 e. The zero-order valence-corrected chi connectivity index (χ0v) is 11.7. The Balaban J connectivity index is 2.02. The van der Waals surface area contributed by atoms with Crippen LogP contribution in [0.2, 0.25) is 0 Å². The first-order chi connectivity index (χ1) is 9.24. The van der Waals surface area contributed by atoms with Crippen LogP contribution in [0.15, 0.2) is 24.3 Å². The molecular weight excluding hydrogens is 266 g/mol. The van der Waals surface area contributed by atoms with Gasteiger partial charge in [-0.15, -0.1) is 11.6 Å². The lowest BCUT2D eigenvalue weighted by Gasteiger charge is -2.34. The van der Waals surface area contributed by atoms with Crippen molar-refractivity contribution in [3.63, 3.8) is 0 Å². The van der Waals surface area contributed by atoms with Crippen LogP contribution in [0.4, 0.5) is 0 Å². The van der Waals surface area contributed by atoms with Crippen LogP contribution < -0.4 is 4.74 Å². The van der Waals surface area contributed by atoms with E-state index in [0.717, 1.165) is 11.3 Å². The Labute approximate surface area is 118 Å². The van der Waals surface area contributed by atoms with E-state index in [4.69, 9.17) is 21.1 Å². The van der Waals surface area contributed by atoms with E-state index in [0.29, 0.717) is 32.1 Å². The van der Waals surface area contributed by atoms with Crippen LogP contribution in [0.5, 0.6) is 5.75 Å². The van der Waals surface area contributed by atoms with Crippen molar-refractivity contribution in [2.24, 2.45) is 0 Å². The summed E-state index contributed by atoms with van der Waals surface area (Å²) in [6, 6.07) is 7.54. The van der Waals surface area contributed by atoms with Crippen molar-refractivity contribution in [2.75, 3.05) is 32.7 Å². The Morgan fingerprint density at radius 3 is 3.16 bits per heavy atom. The fourth-order valence-electron chi connectivity index (χ4n) is 2.17. The van der Waals surface area contributed by atoms with Crippen molar-refractivity contribution in [3.8, 4) is 5.75 Å². The summed E-state index contributed by atoms with van der Waals surface area (Å²) >= 11 is 5.88. The summed E-state index contributed by atoms with van der Waals surface area (Å²) in [4.78, 5) is 14.1. The Kier molecular flexibility index (Phi) is 5.05. The second-order valence-corrected chi connectivity index (χ2v) is 4.81. The molecule has 0 saturated carbocycles. The molecule has 0 bridgehead atoms. The summed E-state index contributed by atoms with van der Waals surface area (Å²) < 4.78 is 10.5. The van der Waals surface area contributed by atoms with Gasteiger partial charge in [0.15, 0.2) is 0 Å². The molecule has 1 fully saturated rings. The van der Waals surface area contributed by atoms with E-state index >= 15 is 0 Å². The Hall–Kier alpha value is -1.26. The normalized spacial score (nSPS) is 19.3. The molecule has 1 aromatic carbocycles. The number of alkyl halides is 1. The van der Waals surface area contributed by atoms with Crippen LogP contribution in [-0.2, 0) is 16.0 Å². The van der Waals surface area contributed by atoms with Gasteiger partial charge in [-0.1, -0.05) is 12.1 Å². The second kappa shape index (κ2) is 6.78. The largest absolute Gasteiger partial charge is 0.497 e. The van der Waals surface area contributed by atoms with Gasteiger partial charge in [0, 0.05) is 12.4 Å². The molecule has 0 aliphatic carbocycles. The van der Waals surface area contributed by atoms with E-state index in [1.807, 2.05) is 29.2 Å². The van der Waals surface area contributed by atoms with Crippen molar-refractivity contribution >= 4 is 17.5 Å². The Morgan fingerprint density at radius 1 is 1.58 bits per heavy atom. The lowest BCUT2D eigenvalue weighted by Crippen LogP contribution is -2.50. The van der Waals surface area contributed by atoms with Gasteiger partial charge >= 0.3 is 0 Å². The highest BCUT2D eigenvalue weighted by atomic mass is 35.5. The topological polar surface area (TPSA) is 38.8 Å². The minimum absolute atomic E-state index is 0.0199. The Bertz CT molecular complexity index is 438. The first-order valence-corrected chi connectivity index (χ1v) is 6.84. The monoisotopic (exact) mass is 283 g/mol. The van der Waals surface area contributed by atoms with Gasteiger partial charge < -0.3 is 14.4 Å². The molecule has 1 aromatic rings. The number of methoxy groups -OCH3 is 1. The molecule has 104 valence electrons. The van der Waals surface area contributed by atoms with E-state index in [1.165, 1.54) is 0 Å². The van der Waals surface area contributed by atoms with Crippen molar-refractivity contribution in [3.05, 3.63) is 29.8 Å². The molecule has 1 saturated heterocycles. The third kappa shape index (κ3) is 3.61. The first-order valence-electron chi connectivity index (χ1n) is 6.30. The molecule has 1 heterocycles. The number of morpholine rings is 1. The highest BCUT2D eigenvalue weighted by Crippen LogP contribution is 2.16. The summed E-state index contributed by atoms with van der Waals surface area (Å²) in [6.07, 6.45) is 0.366. The van der Waals surface area contributed by atoms with Crippen LogP contribution in [0.1, 0.15) is 5.56 Å². The molecule has 2 rings (SSSR count). The molecule has 1 unspecified atom stereocenters. The number of amides is 1. The highest BCUT2D eigenvalue weighted by molar-refractivity contribution is 6.18. The summed E-state index contributed by atoms with van der Waals surface area (Å²) in [6.45, 7) is 1.71. The van der Waals surface area contributed by atoms with Gasteiger partial charge in [-0.3, -0.25) is 4.79 Å². The van der Waals surface area contributed by atoms with Crippen LogP contribution in [-0.4, -0.2) is 49.6 Å². The summed E-state index contributed by atoms with van der Waals surface area (Å²) in [7, 11) is 1.62. The van der Waals surface area contributed by atoms with Crippen LogP contribution in [0.3, 0.4) is 0 Å². The molecule has 0 aromatic heterocycles. The molecule has 0 spiro atoms. The molecule has 1 atom stereocenters. The van der Waals surface area contributed by atoms with Crippen molar-refractivity contribution in [1.29, 1.82) is 0 Å². The highest BCUT2D eigenvalue weighted by Gasteiger charge is 2.26. The predicted octanol–water partition coefficient (Wildman–Crippen LogP) is 1.70. The number of hydrogen-bond acceptors (Lipinski definition) is 3. The van der Waals surface area contributed by atoms with Gasteiger partial charge in [0.25, 0.3) is 0 Å². The number of hydrogen-bond donors (Lipinski definition) is 0.